The molecule has 4 heteroatoms. The summed E-state index contributed by atoms with van der Waals surface area (Å²) in [6.07, 6.45) is 2.17. The van der Waals surface area contributed by atoms with E-state index in [9.17, 15) is 4.79 Å². The first kappa shape index (κ1) is 10.5. The van der Waals surface area contributed by atoms with Gasteiger partial charge in [0.15, 0.2) is 0 Å². The van der Waals surface area contributed by atoms with Crippen molar-refractivity contribution in [2.24, 2.45) is 5.73 Å². The molecule has 2 unspecified atom stereocenters. The lowest BCUT2D eigenvalue weighted by Crippen LogP contribution is -2.47. The summed E-state index contributed by atoms with van der Waals surface area (Å²) in [5.41, 5.74) is 5.09. The number of hydrogen-bond acceptors (Lipinski definition) is 4. The van der Waals surface area contributed by atoms with E-state index < -0.39 is 5.54 Å². The first-order chi connectivity index (χ1) is 6.12. The Balaban J connectivity index is 2.53. The topological polar surface area (TPSA) is 61.5 Å². The van der Waals surface area contributed by atoms with Crippen molar-refractivity contribution in [1.29, 1.82) is 0 Å². The maximum absolute atomic E-state index is 11.4. The van der Waals surface area contributed by atoms with Crippen molar-refractivity contribution in [3.63, 3.8) is 0 Å². The van der Waals surface area contributed by atoms with Gasteiger partial charge in [-0.15, -0.1) is 0 Å². The second-order valence-electron chi connectivity index (χ2n) is 3.48. The quantitative estimate of drug-likeness (QED) is 0.651. The fraction of sp³-hybridized carbons (Fsp3) is 0.889. The Bertz CT molecular complexity index is 195. The first-order valence-electron chi connectivity index (χ1n) is 4.61. The lowest BCUT2D eigenvalue weighted by atomic mass is 10.00. The maximum Gasteiger partial charge on any atom is 0.326 e. The largest absolute Gasteiger partial charge is 0.465 e. The number of ether oxygens (including phenoxy) is 2. The molecule has 0 bridgehead atoms. The molecule has 76 valence electrons. The van der Waals surface area contributed by atoms with E-state index in [0.29, 0.717) is 19.4 Å². The van der Waals surface area contributed by atoms with Gasteiger partial charge in [-0.25, -0.2) is 0 Å². The monoisotopic (exact) mass is 187 g/mol. The van der Waals surface area contributed by atoms with Crippen molar-refractivity contribution in [1.82, 2.24) is 0 Å². The second-order valence-corrected chi connectivity index (χ2v) is 3.48. The smallest absolute Gasteiger partial charge is 0.326 e. The van der Waals surface area contributed by atoms with Crippen LogP contribution in [0.15, 0.2) is 0 Å². The normalized spacial score (nSPS) is 33.3. The molecule has 0 saturated heterocycles. The lowest BCUT2D eigenvalue weighted by Gasteiger charge is -2.21. The van der Waals surface area contributed by atoms with Crippen LogP contribution in [0.4, 0.5) is 0 Å². The summed E-state index contributed by atoms with van der Waals surface area (Å²) in [5.74, 6) is -0.297. The Morgan fingerprint density at radius 2 is 2.38 bits per heavy atom. The number of methoxy groups -OCH3 is 1. The first-order valence-corrected chi connectivity index (χ1v) is 4.61. The third-order valence-electron chi connectivity index (χ3n) is 2.52. The van der Waals surface area contributed by atoms with Crippen LogP contribution in [0, 0.1) is 0 Å². The Kier molecular flexibility index (Phi) is 3.27. The van der Waals surface area contributed by atoms with E-state index in [-0.39, 0.29) is 12.1 Å². The molecule has 2 N–H and O–H groups in total. The average molecular weight is 187 g/mol. The van der Waals surface area contributed by atoms with Crippen LogP contribution < -0.4 is 5.73 Å². The minimum absolute atomic E-state index is 0.106. The van der Waals surface area contributed by atoms with Crippen LogP contribution in [0.1, 0.15) is 26.2 Å². The third-order valence-corrected chi connectivity index (χ3v) is 2.52. The van der Waals surface area contributed by atoms with Crippen molar-refractivity contribution >= 4 is 5.97 Å². The zero-order valence-electron chi connectivity index (χ0n) is 8.21. The number of carbonyl (C=O) groups excluding carboxylic acids is 1. The van der Waals surface area contributed by atoms with E-state index in [1.54, 1.807) is 14.0 Å². The van der Waals surface area contributed by atoms with Crippen molar-refractivity contribution in [3.8, 4) is 0 Å². The number of hydrogen-bond donors (Lipinski definition) is 1. The molecule has 2 atom stereocenters. The second kappa shape index (κ2) is 4.07. The van der Waals surface area contributed by atoms with E-state index in [1.807, 2.05) is 0 Å². The summed E-state index contributed by atoms with van der Waals surface area (Å²) in [4.78, 5) is 11.4. The number of nitrogens with two attached hydrogens (primary N) is 1. The van der Waals surface area contributed by atoms with E-state index in [2.05, 4.69) is 0 Å². The van der Waals surface area contributed by atoms with Crippen molar-refractivity contribution < 1.29 is 14.3 Å². The van der Waals surface area contributed by atoms with Gasteiger partial charge in [-0.05, 0) is 19.8 Å². The molecule has 0 spiro atoms. The molecule has 0 aromatic rings. The number of esters is 1. The average Bonchev–Trinajstić information content (AvgIpc) is 2.49. The molecular formula is C9H17NO3. The lowest BCUT2D eigenvalue weighted by molar-refractivity contribution is -0.149. The van der Waals surface area contributed by atoms with Gasteiger partial charge in [-0.3, -0.25) is 4.79 Å². The van der Waals surface area contributed by atoms with Gasteiger partial charge < -0.3 is 15.2 Å². The van der Waals surface area contributed by atoms with Crippen LogP contribution in [0.3, 0.4) is 0 Å². The van der Waals surface area contributed by atoms with E-state index in [0.717, 1.165) is 6.42 Å². The molecule has 1 fully saturated rings. The molecule has 0 radical (unpaired) electrons. The molecule has 0 aromatic heterocycles. The zero-order valence-corrected chi connectivity index (χ0v) is 8.21. The van der Waals surface area contributed by atoms with Gasteiger partial charge in [0.2, 0.25) is 0 Å². The summed E-state index contributed by atoms with van der Waals surface area (Å²) < 4.78 is 10.0. The Morgan fingerprint density at radius 3 is 2.85 bits per heavy atom. The molecule has 0 heterocycles. The minimum Gasteiger partial charge on any atom is -0.465 e. The third kappa shape index (κ3) is 2.19. The van der Waals surface area contributed by atoms with E-state index in [1.165, 1.54) is 0 Å². The van der Waals surface area contributed by atoms with Gasteiger partial charge in [-0.1, -0.05) is 0 Å². The minimum atomic E-state index is -0.809. The zero-order chi connectivity index (χ0) is 9.90. The summed E-state index contributed by atoms with van der Waals surface area (Å²) in [6, 6.07) is 0. The fourth-order valence-corrected chi connectivity index (χ4v) is 1.69. The van der Waals surface area contributed by atoms with Gasteiger partial charge >= 0.3 is 5.97 Å². The summed E-state index contributed by atoms with van der Waals surface area (Å²) >= 11 is 0. The summed E-state index contributed by atoms with van der Waals surface area (Å²) in [7, 11) is 1.64. The molecule has 1 aliphatic carbocycles. The molecule has 0 amide bonds. The van der Waals surface area contributed by atoms with Gasteiger partial charge in [-0.2, -0.15) is 0 Å². The van der Waals surface area contributed by atoms with Crippen molar-refractivity contribution in [2.75, 3.05) is 13.7 Å². The van der Waals surface area contributed by atoms with Crippen LogP contribution >= 0.6 is 0 Å². The van der Waals surface area contributed by atoms with Crippen LogP contribution in [0.5, 0.6) is 0 Å². The Labute approximate surface area is 78.4 Å². The molecular weight excluding hydrogens is 170 g/mol. The highest BCUT2D eigenvalue weighted by molar-refractivity contribution is 5.81. The number of carbonyl (C=O) groups is 1. The van der Waals surface area contributed by atoms with Gasteiger partial charge in [0.05, 0.1) is 12.7 Å². The van der Waals surface area contributed by atoms with Crippen molar-refractivity contribution in [2.45, 2.75) is 37.8 Å². The number of rotatable bonds is 3. The van der Waals surface area contributed by atoms with E-state index >= 15 is 0 Å². The molecule has 1 rings (SSSR count). The molecule has 0 aliphatic heterocycles. The predicted octanol–water partition coefficient (Wildman–Crippen LogP) is 0.446. The van der Waals surface area contributed by atoms with Gasteiger partial charge in [0.25, 0.3) is 0 Å². The van der Waals surface area contributed by atoms with Crippen molar-refractivity contribution in [3.05, 3.63) is 0 Å². The molecule has 13 heavy (non-hydrogen) atoms. The highest BCUT2D eigenvalue weighted by atomic mass is 16.5. The summed E-state index contributed by atoms with van der Waals surface area (Å²) in [6.45, 7) is 2.17. The molecule has 1 saturated carbocycles. The molecule has 0 aromatic carbocycles. The van der Waals surface area contributed by atoms with Gasteiger partial charge in [0, 0.05) is 13.5 Å². The Hall–Kier alpha value is -0.610. The van der Waals surface area contributed by atoms with Crippen LogP contribution in [0.2, 0.25) is 0 Å². The Morgan fingerprint density at radius 1 is 1.69 bits per heavy atom. The van der Waals surface area contributed by atoms with Crippen LogP contribution in [-0.4, -0.2) is 31.3 Å². The van der Waals surface area contributed by atoms with Crippen LogP contribution in [0.25, 0.3) is 0 Å². The predicted molar refractivity (Wildman–Crippen MR) is 48.2 cm³/mol. The SMILES string of the molecule is CCOC(=O)C1(N)CCC(OC)C1. The molecule has 4 nitrogen and oxygen atoms in total. The summed E-state index contributed by atoms with van der Waals surface area (Å²) in [5, 5.41) is 0. The fourth-order valence-electron chi connectivity index (χ4n) is 1.69. The highest BCUT2D eigenvalue weighted by Gasteiger charge is 2.43. The van der Waals surface area contributed by atoms with Crippen LogP contribution in [-0.2, 0) is 14.3 Å². The molecule has 1 aliphatic rings. The standard InChI is InChI=1S/C9H17NO3/c1-3-13-8(11)9(10)5-4-7(6-9)12-2/h7H,3-6,10H2,1-2H3. The maximum atomic E-state index is 11.4. The van der Waals surface area contributed by atoms with Gasteiger partial charge in [0.1, 0.15) is 5.54 Å². The van der Waals surface area contributed by atoms with E-state index in [4.69, 9.17) is 15.2 Å². The highest BCUT2D eigenvalue weighted by Crippen LogP contribution is 2.30.